The molecule has 0 amide bonds. The first-order chi connectivity index (χ1) is 11.2. The average molecular weight is 313 g/mol. The van der Waals surface area contributed by atoms with E-state index in [1.807, 2.05) is 38.1 Å². The van der Waals surface area contributed by atoms with Gasteiger partial charge in [0, 0.05) is 5.92 Å². The van der Waals surface area contributed by atoms with Gasteiger partial charge in [-0.3, -0.25) is 0 Å². The van der Waals surface area contributed by atoms with Crippen LogP contribution in [0, 0.1) is 6.92 Å². The van der Waals surface area contributed by atoms with Gasteiger partial charge in [0.15, 0.2) is 0 Å². The summed E-state index contributed by atoms with van der Waals surface area (Å²) in [6, 6.07) is 14.5. The summed E-state index contributed by atoms with van der Waals surface area (Å²) in [4.78, 5) is 0. The molecule has 0 spiro atoms. The SMILES string of the molecule is CCOc1ccccc1CC(CN)c1cc(C)ccc1OCC. The highest BCUT2D eigenvalue weighted by molar-refractivity contribution is 5.42. The molecule has 2 rings (SSSR count). The van der Waals surface area contributed by atoms with Gasteiger partial charge in [0.05, 0.1) is 13.2 Å². The topological polar surface area (TPSA) is 44.5 Å². The molecule has 0 aliphatic heterocycles. The van der Waals surface area contributed by atoms with Crippen molar-refractivity contribution < 1.29 is 9.47 Å². The van der Waals surface area contributed by atoms with Crippen molar-refractivity contribution in [3.63, 3.8) is 0 Å². The standard InChI is InChI=1S/C20H27NO2/c1-4-22-19-9-7-6-8-16(19)13-17(14-21)18-12-15(3)10-11-20(18)23-5-2/h6-12,17H,4-5,13-14,21H2,1-3H3. The Morgan fingerprint density at radius 3 is 2.35 bits per heavy atom. The zero-order valence-electron chi connectivity index (χ0n) is 14.3. The molecule has 1 unspecified atom stereocenters. The predicted molar refractivity (Wildman–Crippen MR) is 95.5 cm³/mol. The van der Waals surface area contributed by atoms with E-state index in [4.69, 9.17) is 15.2 Å². The van der Waals surface area contributed by atoms with E-state index in [0.717, 1.165) is 17.9 Å². The van der Waals surface area contributed by atoms with Crippen molar-refractivity contribution in [1.29, 1.82) is 0 Å². The van der Waals surface area contributed by atoms with Gasteiger partial charge in [-0.2, -0.15) is 0 Å². The summed E-state index contributed by atoms with van der Waals surface area (Å²) in [7, 11) is 0. The lowest BCUT2D eigenvalue weighted by Gasteiger charge is -2.21. The molecule has 0 fully saturated rings. The van der Waals surface area contributed by atoms with Gasteiger partial charge in [0.2, 0.25) is 0 Å². The minimum atomic E-state index is 0.207. The summed E-state index contributed by atoms with van der Waals surface area (Å²) in [6.45, 7) is 8.00. The average Bonchev–Trinajstić information content (AvgIpc) is 2.56. The Morgan fingerprint density at radius 1 is 0.957 bits per heavy atom. The van der Waals surface area contributed by atoms with Crippen molar-refractivity contribution in [3.8, 4) is 11.5 Å². The van der Waals surface area contributed by atoms with Crippen LogP contribution in [-0.2, 0) is 6.42 Å². The van der Waals surface area contributed by atoms with Crippen LogP contribution < -0.4 is 15.2 Å². The van der Waals surface area contributed by atoms with Crippen LogP contribution in [-0.4, -0.2) is 19.8 Å². The van der Waals surface area contributed by atoms with Gasteiger partial charge < -0.3 is 15.2 Å². The lowest BCUT2D eigenvalue weighted by molar-refractivity contribution is 0.330. The molecule has 2 N–H and O–H groups in total. The van der Waals surface area contributed by atoms with Crippen molar-refractivity contribution in [3.05, 3.63) is 59.2 Å². The Morgan fingerprint density at radius 2 is 1.65 bits per heavy atom. The number of nitrogens with two attached hydrogens (primary N) is 1. The first-order valence-electron chi connectivity index (χ1n) is 8.33. The van der Waals surface area contributed by atoms with E-state index in [1.54, 1.807) is 0 Å². The monoisotopic (exact) mass is 313 g/mol. The largest absolute Gasteiger partial charge is 0.494 e. The van der Waals surface area contributed by atoms with Crippen molar-refractivity contribution >= 4 is 0 Å². The molecule has 0 aliphatic rings. The van der Waals surface area contributed by atoms with Crippen LogP contribution >= 0.6 is 0 Å². The molecule has 0 aliphatic carbocycles. The molecule has 2 aromatic carbocycles. The molecule has 0 aromatic heterocycles. The van der Waals surface area contributed by atoms with E-state index >= 15 is 0 Å². The number of hydrogen-bond donors (Lipinski definition) is 1. The van der Waals surface area contributed by atoms with E-state index in [9.17, 15) is 0 Å². The highest BCUT2D eigenvalue weighted by atomic mass is 16.5. The molecule has 124 valence electrons. The molecule has 0 saturated heterocycles. The number of hydrogen-bond acceptors (Lipinski definition) is 3. The third-order valence-corrected chi connectivity index (χ3v) is 3.93. The maximum atomic E-state index is 6.10. The normalized spacial score (nSPS) is 12.0. The number of aryl methyl sites for hydroxylation is 1. The highest BCUT2D eigenvalue weighted by Gasteiger charge is 2.18. The second-order valence-corrected chi connectivity index (χ2v) is 5.65. The van der Waals surface area contributed by atoms with E-state index in [2.05, 4.69) is 25.1 Å². The zero-order valence-corrected chi connectivity index (χ0v) is 14.3. The van der Waals surface area contributed by atoms with E-state index < -0.39 is 0 Å². The van der Waals surface area contributed by atoms with Crippen LogP contribution in [0.4, 0.5) is 0 Å². The Labute approximate surface area is 139 Å². The van der Waals surface area contributed by atoms with Gasteiger partial charge in [-0.05, 0) is 57.0 Å². The third-order valence-electron chi connectivity index (χ3n) is 3.93. The molecular formula is C20H27NO2. The molecule has 0 heterocycles. The molecule has 1 atom stereocenters. The highest BCUT2D eigenvalue weighted by Crippen LogP contribution is 2.32. The number of benzene rings is 2. The molecule has 0 bridgehead atoms. The van der Waals surface area contributed by atoms with Gasteiger partial charge in [0.1, 0.15) is 11.5 Å². The predicted octanol–water partition coefficient (Wildman–Crippen LogP) is 4.08. The summed E-state index contributed by atoms with van der Waals surface area (Å²) < 4.78 is 11.6. The van der Waals surface area contributed by atoms with Gasteiger partial charge in [0.25, 0.3) is 0 Å². The molecule has 2 aromatic rings. The molecule has 3 nitrogen and oxygen atoms in total. The maximum absolute atomic E-state index is 6.10. The van der Waals surface area contributed by atoms with Crippen LogP contribution in [0.5, 0.6) is 11.5 Å². The fourth-order valence-corrected chi connectivity index (χ4v) is 2.83. The summed E-state index contributed by atoms with van der Waals surface area (Å²) >= 11 is 0. The fourth-order valence-electron chi connectivity index (χ4n) is 2.83. The lowest BCUT2D eigenvalue weighted by Crippen LogP contribution is -2.17. The summed E-state index contributed by atoms with van der Waals surface area (Å²) in [6.07, 6.45) is 0.843. The van der Waals surface area contributed by atoms with Crippen molar-refractivity contribution in [2.75, 3.05) is 19.8 Å². The summed E-state index contributed by atoms with van der Waals surface area (Å²) in [5, 5.41) is 0. The molecular weight excluding hydrogens is 286 g/mol. The lowest BCUT2D eigenvalue weighted by atomic mass is 9.90. The number of rotatable bonds is 8. The Hall–Kier alpha value is -2.00. The second-order valence-electron chi connectivity index (χ2n) is 5.65. The van der Waals surface area contributed by atoms with Gasteiger partial charge in [-0.25, -0.2) is 0 Å². The first kappa shape index (κ1) is 17.4. The van der Waals surface area contributed by atoms with E-state index in [0.29, 0.717) is 19.8 Å². The maximum Gasteiger partial charge on any atom is 0.122 e. The molecule has 3 heteroatoms. The Kier molecular flexibility index (Phi) is 6.48. The Bertz CT molecular complexity index is 625. The third kappa shape index (κ3) is 4.49. The smallest absolute Gasteiger partial charge is 0.122 e. The minimum Gasteiger partial charge on any atom is -0.494 e. The minimum absolute atomic E-state index is 0.207. The first-order valence-corrected chi connectivity index (χ1v) is 8.33. The van der Waals surface area contributed by atoms with Gasteiger partial charge in [-0.1, -0.05) is 35.9 Å². The van der Waals surface area contributed by atoms with Gasteiger partial charge >= 0.3 is 0 Å². The van der Waals surface area contributed by atoms with Gasteiger partial charge in [-0.15, -0.1) is 0 Å². The van der Waals surface area contributed by atoms with Crippen LogP contribution in [0.2, 0.25) is 0 Å². The molecule has 0 saturated carbocycles. The summed E-state index contributed by atoms with van der Waals surface area (Å²) in [5.41, 5.74) is 9.69. The molecule has 0 radical (unpaired) electrons. The number of para-hydroxylation sites is 1. The fraction of sp³-hybridized carbons (Fsp3) is 0.400. The van der Waals surface area contributed by atoms with Crippen molar-refractivity contribution in [2.45, 2.75) is 33.1 Å². The van der Waals surface area contributed by atoms with E-state index in [1.165, 1.54) is 16.7 Å². The quantitative estimate of drug-likeness (QED) is 0.798. The Balaban J connectivity index is 2.32. The van der Waals surface area contributed by atoms with Crippen LogP contribution in [0.25, 0.3) is 0 Å². The molecule has 23 heavy (non-hydrogen) atoms. The van der Waals surface area contributed by atoms with Crippen LogP contribution in [0.1, 0.15) is 36.5 Å². The van der Waals surface area contributed by atoms with Crippen LogP contribution in [0.15, 0.2) is 42.5 Å². The number of ether oxygens (including phenoxy) is 2. The van der Waals surface area contributed by atoms with E-state index in [-0.39, 0.29) is 5.92 Å². The summed E-state index contributed by atoms with van der Waals surface area (Å²) in [5.74, 6) is 2.08. The second kappa shape index (κ2) is 8.59. The zero-order chi connectivity index (χ0) is 16.7. The van der Waals surface area contributed by atoms with Crippen LogP contribution in [0.3, 0.4) is 0 Å². The van der Waals surface area contributed by atoms with Crippen molar-refractivity contribution in [1.82, 2.24) is 0 Å². The van der Waals surface area contributed by atoms with Crippen molar-refractivity contribution in [2.24, 2.45) is 5.73 Å².